The molecule has 23 heavy (non-hydrogen) atoms. The van der Waals surface area contributed by atoms with Crippen molar-refractivity contribution in [3.63, 3.8) is 0 Å². The largest absolute Gasteiger partial charge is 0.388 e. The average Bonchev–Trinajstić information content (AvgIpc) is 3.14. The van der Waals surface area contributed by atoms with Crippen LogP contribution in [-0.4, -0.2) is 28.7 Å². The number of ether oxygens (including phenoxy) is 1. The molecule has 3 rings (SSSR count). The van der Waals surface area contributed by atoms with Gasteiger partial charge in [0.2, 0.25) is 0 Å². The minimum Gasteiger partial charge on any atom is -0.388 e. The molecule has 1 fully saturated rings. The van der Waals surface area contributed by atoms with Crippen LogP contribution in [0.15, 0.2) is 22.8 Å². The van der Waals surface area contributed by atoms with Crippen LogP contribution in [0.4, 0.5) is 0 Å². The number of aliphatic hydroxyl groups is 1. The number of Topliss-reactive ketones (excluding diaryl/α,β-unsaturated/α-hetero) is 1. The Kier molecular flexibility index (Phi) is 4.09. The second kappa shape index (κ2) is 5.56. The smallest absolute Gasteiger partial charge is 0.193 e. The molecule has 0 amide bonds. The molecule has 5 atom stereocenters. The molecule has 1 aliphatic heterocycles. The van der Waals surface area contributed by atoms with Gasteiger partial charge in [0.05, 0.1) is 6.10 Å². The lowest BCUT2D eigenvalue weighted by molar-refractivity contribution is -0.118. The third-order valence-electron chi connectivity index (χ3n) is 6.82. The number of epoxide rings is 1. The van der Waals surface area contributed by atoms with Gasteiger partial charge in [0.1, 0.15) is 11.7 Å². The van der Waals surface area contributed by atoms with Gasteiger partial charge >= 0.3 is 0 Å². The first-order valence-electron chi connectivity index (χ1n) is 8.96. The van der Waals surface area contributed by atoms with Crippen molar-refractivity contribution in [1.82, 2.24) is 0 Å². The molecule has 2 bridgehead atoms. The summed E-state index contributed by atoms with van der Waals surface area (Å²) in [5.41, 5.74) is 2.77. The van der Waals surface area contributed by atoms with Crippen LogP contribution in [0.3, 0.4) is 0 Å². The Hall–Kier alpha value is -0.930. The maximum Gasteiger partial charge on any atom is 0.193 e. The van der Waals surface area contributed by atoms with Gasteiger partial charge in [-0.25, -0.2) is 0 Å². The zero-order valence-corrected chi connectivity index (χ0v) is 15.1. The van der Waals surface area contributed by atoms with Crippen molar-refractivity contribution in [3.05, 3.63) is 22.8 Å². The van der Waals surface area contributed by atoms with Crippen LogP contribution in [0.2, 0.25) is 0 Å². The van der Waals surface area contributed by atoms with Crippen LogP contribution in [0.25, 0.3) is 0 Å². The van der Waals surface area contributed by atoms with Gasteiger partial charge in [-0.2, -0.15) is 0 Å². The van der Waals surface area contributed by atoms with E-state index >= 15 is 0 Å². The highest BCUT2D eigenvalue weighted by Gasteiger charge is 2.58. The summed E-state index contributed by atoms with van der Waals surface area (Å²) in [4.78, 5) is 13.0. The van der Waals surface area contributed by atoms with Gasteiger partial charge in [0.25, 0.3) is 0 Å². The average molecular weight is 318 g/mol. The van der Waals surface area contributed by atoms with E-state index in [2.05, 4.69) is 33.8 Å². The Morgan fingerprint density at radius 3 is 2.65 bits per heavy atom. The standard InChI is InChI=1S/C20H30O3/c1-12-7-6-9-20(5)18(23-20)17(22)16-14(3)19(4,10-8-12)13(2)11-15(16)21/h7,13,15,18,21H,6,8-11H2,1-5H3/t13-,15+,18-,19+,20-/m1/s1. The molecule has 0 aromatic rings. The Balaban J connectivity index is 2.05. The molecule has 0 aromatic carbocycles. The maximum atomic E-state index is 13.0. The zero-order valence-electron chi connectivity index (χ0n) is 15.1. The Labute approximate surface area is 139 Å². The minimum atomic E-state index is -0.640. The van der Waals surface area contributed by atoms with Crippen molar-refractivity contribution in [2.45, 2.75) is 84.5 Å². The Bertz CT molecular complexity index is 588. The summed E-state index contributed by atoms with van der Waals surface area (Å²) in [6, 6.07) is 0. The van der Waals surface area contributed by atoms with Crippen molar-refractivity contribution in [2.75, 3.05) is 0 Å². The summed E-state index contributed by atoms with van der Waals surface area (Å²) in [7, 11) is 0. The first-order chi connectivity index (χ1) is 10.7. The minimum absolute atomic E-state index is 0.0240. The molecule has 3 nitrogen and oxygen atoms in total. The summed E-state index contributed by atoms with van der Waals surface area (Å²) < 4.78 is 5.79. The van der Waals surface area contributed by atoms with Crippen LogP contribution >= 0.6 is 0 Å². The molecule has 3 aliphatic rings. The van der Waals surface area contributed by atoms with Crippen molar-refractivity contribution in [3.8, 4) is 0 Å². The molecule has 1 heterocycles. The number of carbonyl (C=O) groups is 1. The van der Waals surface area contributed by atoms with Gasteiger partial charge in [0, 0.05) is 5.57 Å². The molecule has 1 N–H and O–H groups in total. The second-order valence-corrected chi connectivity index (χ2v) is 8.37. The molecule has 3 heteroatoms. The third-order valence-corrected chi connectivity index (χ3v) is 6.82. The topological polar surface area (TPSA) is 49.8 Å². The number of carbonyl (C=O) groups excluding carboxylic acids is 1. The van der Waals surface area contributed by atoms with Gasteiger partial charge in [-0.3, -0.25) is 4.79 Å². The monoisotopic (exact) mass is 318 g/mol. The van der Waals surface area contributed by atoms with Crippen LogP contribution in [0, 0.1) is 11.3 Å². The van der Waals surface area contributed by atoms with Crippen LogP contribution < -0.4 is 0 Å². The quantitative estimate of drug-likeness (QED) is 0.543. The lowest BCUT2D eigenvalue weighted by Gasteiger charge is -2.44. The molecule has 0 saturated carbocycles. The molecule has 0 unspecified atom stereocenters. The number of allylic oxidation sites excluding steroid dienone is 3. The number of hydrogen-bond donors (Lipinski definition) is 1. The highest BCUT2D eigenvalue weighted by atomic mass is 16.6. The fourth-order valence-electron chi connectivity index (χ4n) is 4.48. The summed E-state index contributed by atoms with van der Waals surface area (Å²) >= 11 is 0. The van der Waals surface area contributed by atoms with Crippen molar-refractivity contribution < 1.29 is 14.6 Å². The highest BCUT2D eigenvalue weighted by Crippen LogP contribution is 2.51. The van der Waals surface area contributed by atoms with E-state index in [1.165, 1.54) is 5.57 Å². The van der Waals surface area contributed by atoms with E-state index in [4.69, 9.17) is 4.74 Å². The normalized spacial score (nSPS) is 44.9. The predicted molar refractivity (Wildman–Crippen MR) is 91.1 cm³/mol. The summed E-state index contributed by atoms with van der Waals surface area (Å²) in [5, 5.41) is 10.6. The molecule has 0 radical (unpaired) electrons. The van der Waals surface area contributed by atoms with Gasteiger partial charge in [-0.05, 0) is 64.2 Å². The third kappa shape index (κ3) is 2.72. The lowest BCUT2D eigenvalue weighted by atomic mass is 9.61. The number of fused-ring (bicyclic) bond motifs is 2. The Morgan fingerprint density at radius 1 is 1.26 bits per heavy atom. The van der Waals surface area contributed by atoms with Crippen molar-refractivity contribution in [1.29, 1.82) is 0 Å². The van der Waals surface area contributed by atoms with E-state index in [0.717, 1.165) is 31.3 Å². The van der Waals surface area contributed by atoms with E-state index in [1.807, 2.05) is 6.92 Å². The number of ketones is 1. The van der Waals surface area contributed by atoms with Gasteiger partial charge < -0.3 is 9.84 Å². The van der Waals surface area contributed by atoms with Crippen LogP contribution in [-0.2, 0) is 9.53 Å². The number of hydrogen-bond acceptors (Lipinski definition) is 3. The molecule has 1 saturated heterocycles. The van der Waals surface area contributed by atoms with E-state index < -0.39 is 6.10 Å². The van der Waals surface area contributed by atoms with E-state index in [0.29, 0.717) is 17.9 Å². The Morgan fingerprint density at radius 2 is 1.96 bits per heavy atom. The van der Waals surface area contributed by atoms with Crippen molar-refractivity contribution in [2.24, 2.45) is 11.3 Å². The number of aliphatic hydroxyl groups excluding tert-OH is 1. The SMILES string of the molecule is CC1=CCC[C@@]2(C)O[C@@H]2C(=O)C2=C(C)[C@@](C)(CC1)[C@H](C)C[C@@H]2O. The molecular formula is C20H30O3. The molecule has 2 aliphatic carbocycles. The first-order valence-corrected chi connectivity index (χ1v) is 8.96. The summed E-state index contributed by atoms with van der Waals surface area (Å²) in [6.07, 6.45) is 5.88. The second-order valence-electron chi connectivity index (χ2n) is 8.37. The number of rotatable bonds is 0. The van der Waals surface area contributed by atoms with Gasteiger partial charge in [0.15, 0.2) is 5.78 Å². The summed E-state index contributed by atoms with van der Waals surface area (Å²) in [5.74, 6) is 0.396. The van der Waals surface area contributed by atoms with Crippen LogP contribution in [0.1, 0.15) is 66.7 Å². The molecule has 0 spiro atoms. The summed E-state index contributed by atoms with van der Waals surface area (Å²) in [6.45, 7) is 10.7. The lowest BCUT2D eigenvalue weighted by Crippen LogP contribution is -2.40. The van der Waals surface area contributed by atoms with Crippen LogP contribution in [0.5, 0.6) is 0 Å². The fourth-order valence-corrected chi connectivity index (χ4v) is 4.48. The zero-order chi connectivity index (χ0) is 17.0. The fraction of sp³-hybridized carbons (Fsp3) is 0.750. The highest BCUT2D eigenvalue weighted by molar-refractivity contribution is 6.03. The maximum absolute atomic E-state index is 13.0. The first kappa shape index (κ1) is 16.9. The molecule has 128 valence electrons. The van der Waals surface area contributed by atoms with Crippen molar-refractivity contribution >= 4 is 5.78 Å². The van der Waals surface area contributed by atoms with E-state index in [1.54, 1.807) is 0 Å². The van der Waals surface area contributed by atoms with Gasteiger partial charge in [-0.15, -0.1) is 0 Å². The van der Waals surface area contributed by atoms with E-state index in [-0.39, 0.29) is 22.9 Å². The predicted octanol–water partition coefficient (Wildman–Crippen LogP) is 3.96. The molecule has 0 aromatic heterocycles. The van der Waals surface area contributed by atoms with E-state index in [9.17, 15) is 9.90 Å². The molecular weight excluding hydrogens is 288 g/mol. The van der Waals surface area contributed by atoms with Gasteiger partial charge in [-0.1, -0.05) is 31.1 Å².